The molecule has 0 atom stereocenters. The Kier molecular flexibility index (Phi) is 2.93. The first-order valence-electron chi connectivity index (χ1n) is 4.91. The lowest BCUT2D eigenvalue weighted by atomic mass is 10.3. The fraction of sp³-hybridized carbons (Fsp3) is 0.300. The van der Waals surface area contributed by atoms with Gasteiger partial charge in [0.05, 0.1) is 23.1 Å². The molecule has 1 N–H and O–H groups in total. The first-order chi connectivity index (χ1) is 7.56. The lowest BCUT2D eigenvalue weighted by molar-refractivity contribution is 0.478. The second kappa shape index (κ2) is 4.23. The molecule has 0 spiro atoms. The molecule has 6 heteroatoms. The van der Waals surface area contributed by atoms with Gasteiger partial charge in [-0.25, -0.2) is 4.98 Å². The van der Waals surface area contributed by atoms with Crippen LogP contribution in [0.1, 0.15) is 6.42 Å². The molecule has 16 heavy (non-hydrogen) atoms. The fourth-order valence-electron chi connectivity index (χ4n) is 1.61. The maximum absolute atomic E-state index is 10.6. The quantitative estimate of drug-likeness (QED) is 0.818. The lowest BCUT2D eigenvalue weighted by Crippen LogP contribution is -2.07. The molecule has 0 aliphatic heterocycles. The van der Waals surface area contributed by atoms with Gasteiger partial charge >= 0.3 is 0 Å². The summed E-state index contributed by atoms with van der Waals surface area (Å²) in [4.78, 5) is 4.18. The molecule has 0 fully saturated rings. The van der Waals surface area contributed by atoms with E-state index < -0.39 is 10.1 Å². The maximum atomic E-state index is 10.6. The van der Waals surface area contributed by atoms with Gasteiger partial charge < -0.3 is 4.57 Å². The van der Waals surface area contributed by atoms with Crippen LogP contribution in [0.3, 0.4) is 0 Å². The zero-order valence-electron chi connectivity index (χ0n) is 8.57. The summed E-state index contributed by atoms with van der Waals surface area (Å²) in [7, 11) is -3.86. The smallest absolute Gasteiger partial charge is 0.264 e. The van der Waals surface area contributed by atoms with Gasteiger partial charge in [-0.3, -0.25) is 4.55 Å². The van der Waals surface area contributed by atoms with E-state index in [0.717, 1.165) is 11.0 Å². The Balaban J connectivity index is 2.10. The number of benzene rings is 1. The first kappa shape index (κ1) is 11.1. The number of hydrogen-bond acceptors (Lipinski definition) is 3. The van der Waals surface area contributed by atoms with Crippen molar-refractivity contribution >= 4 is 21.2 Å². The van der Waals surface area contributed by atoms with Crippen molar-refractivity contribution in [2.45, 2.75) is 13.0 Å². The summed E-state index contributed by atoms with van der Waals surface area (Å²) in [6.07, 6.45) is 2.05. The minimum atomic E-state index is -3.86. The first-order valence-corrected chi connectivity index (χ1v) is 6.52. The molecule has 2 aromatic rings. The predicted octanol–water partition coefficient (Wildman–Crippen LogP) is 1.31. The van der Waals surface area contributed by atoms with E-state index in [-0.39, 0.29) is 5.75 Å². The van der Waals surface area contributed by atoms with E-state index in [1.165, 1.54) is 0 Å². The van der Waals surface area contributed by atoms with Gasteiger partial charge in [0, 0.05) is 6.54 Å². The Morgan fingerprint density at radius 3 is 2.81 bits per heavy atom. The number of hydrogen-bond donors (Lipinski definition) is 1. The molecule has 0 amide bonds. The molecule has 0 bridgehead atoms. The Hall–Kier alpha value is -1.40. The molecule has 0 aliphatic rings. The van der Waals surface area contributed by atoms with Gasteiger partial charge in [-0.1, -0.05) is 12.1 Å². The highest BCUT2D eigenvalue weighted by atomic mass is 32.2. The van der Waals surface area contributed by atoms with Crippen molar-refractivity contribution < 1.29 is 13.0 Å². The molecule has 86 valence electrons. The minimum absolute atomic E-state index is 0.223. The Morgan fingerprint density at radius 1 is 1.31 bits per heavy atom. The van der Waals surface area contributed by atoms with Crippen molar-refractivity contribution in [3.8, 4) is 0 Å². The van der Waals surface area contributed by atoms with Gasteiger partial charge in [-0.2, -0.15) is 8.42 Å². The topological polar surface area (TPSA) is 72.2 Å². The van der Waals surface area contributed by atoms with Crippen LogP contribution in [0.25, 0.3) is 11.0 Å². The molecule has 1 aromatic carbocycles. The van der Waals surface area contributed by atoms with Crippen LogP contribution >= 0.6 is 0 Å². The lowest BCUT2D eigenvalue weighted by Gasteiger charge is -2.02. The second-order valence-corrected chi connectivity index (χ2v) is 5.14. The molecule has 0 radical (unpaired) electrons. The van der Waals surface area contributed by atoms with Gasteiger partial charge in [0.15, 0.2) is 0 Å². The molecule has 0 saturated carbocycles. The van der Waals surface area contributed by atoms with Crippen LogP contribution in [0.5, 0.6) is 0 Å². The van der Waals surface area contributed by atoms with Crippen molar-refractivity contribution in [2.24, 2.45) is 0 Å². The summed E-state index contributed by atoms with van der Waals surface area (Å²) in [5.74, 6) is -0.223. The van der Waals surface area contributed by atoms with Crippen LogP contribution < -0.4 is 0 Å². The van der Waals surface area contributed by atoms with Gasteiger partial charge in [0.2, 0.25) is 0 Å². The Bertz CT molecular complexity index is 589. The fourth-order valence-corrected chi connectivity index (χ4v) is 2.10. The van der Waals surface area contributed by atoms with Crippen molar-refractivity contribution in [2.75, 3.05) is 5.75 Å². The summed E-state index contributed by atoms with van der Waals surface area (Å²) in [6, 6.07) is 7.63. The normalized spacial score (nSPS) is 12.1. The second-order valence-electron chi connectivity index (χ2n) is 3.57. The van der Waals surface area contributed by atoms with E-state index in [9.17, 15) is 8.42 Å². The van der Waals surface area contributed by atoms with Crippen molar-refractivity contribution in [1.82, 2.24) is 9.55 Å². The molecule has 2 rings (SSSR count). The number of aryl methyl sites for hydroxylation is 1. The highest BCUT2D eigenvalue weighted by molar-refractivity contribution is 7.85. The predicted molar refractivity (Wildman–Crippen MR) is 60.8 cm³/mol. The average Bonchev–Trinajstić information content (AvgIpc) is 2.60. The van der Waals surface area contributed by atoms with Gasteiger partial charge in [-0.05, 0) is 18.6 Å². The third kappa shape index (κ3) is 2.59. The highest BCUT2D eigenvalue weighted by Crippen LogP contribution is 2.12. The third-order valence-corrected chi connectivity index (χ3v) is 3.13. The van der Waals surface area contributed by atoms with Gasteiger partial charge in [0.25, 0.3) is 10.1 Å². The van der Waals surface area contributed by atoms with Crippen LogP contribution in [0, 0.1) is 0 Å². The van der Waals surface area contributed by atoms with Crippen molar-refractivity contribution in [1.29, 1.82) is 0 Å². The van der Waals surface area contributed by atoms with E-state index in [2.05, 4.69) is 4.98 Å². The van der Waals surface area contributed by atoms with Crippen LogP contribution in [-0.4, -0.2) is 28.3 Å². The Labute approximate surface area is 93.5 Å². The summed E-state index contributed by atoms with van der Waals surface area (Å²) < 4.78 is 31.6. The largest absolute Gasteiger partial charge is 0.331 e. The SMILES string of the molecule is O=S(=O)(O)CCCn1cnc2ccccc21. The maximum Gasteiger partial charge on any atom is 0.264 e. The molecule has 0 saturated heterocycles. The number of aromatic nitrogens is 2. The summed E-state index contributed by atoms with van der Waals surface area (Å²) in [6.45, 7) is 0.528. The molecule has 0 aliphatic carbocycles. The van der Waals surface area contributed by atoms with E-state index in [1.54, 1.807) is 6.33 Å². The number of imidazole rings is 1. The third-order valence-electron chi connectivity index (χ3n) is 2.33. The molecule has 1 aromatic heterocycles. The van der Waals surface area contributed by atoms with Crippen LogP contribution in [0.4, 0.5) is 0 Å². The molecule has 5 nitrogen and oxygen atoms in total. The minimum Gasteiger partial charge on any atom is -0.331 e. The van der Waals surface area contributed by atoms with E-state index >= 15 is 0 Å². The van der Waals surface area contributed by atoms with Crippen LogP contribution in [0.2, 0.25) is 0 Å². The highest BCUT2D eigenvalue weighted by Gasteiger charge is 2.05. The van der Waals surface area contributed by atoms with Gasteiger partial charge in [-0.15, -0.1) is 0 Å². The van der Waals surface area contributed by atoms with E-state index in [1.807, 2.05) is 28.8 Å². The van der Waals surface area contributed by atoms with Crippen molar-refractivity contribution in [3.63, 3.8) is 0 Å². The summed E-state index contributed by atoms with van der Waals surface area (Å²) >= 11 is 0. The van der Waals surface area contributed by atoms with Crippen LogP contribution in [-0.2, 0) is 16.7 Å². The molecule has 0 unspecified atom stereocenters. The zero-order valence-corrected chi connectivity index (χ0v) is 9.39. The average molecular weight is 240 g/mol. The van der Waals surface area contributed by atoms with E-state index in [0.29, 0.717) is 13.0 Å². The molecular weight excluding hydrogens is 228 g/mol. The molecular formula is C10H12N2O3S. The van der Waals surface area contributed by atoms with Crippen LogP contribution in [0.15, 0.2) is 30.6 Å². The number of nitrogens with zero attached hydrogens (tertiary/aromatic N) is 2. The van der Waals surface area contributed by atoms with E-state index in [4.69, 9.17) is 4.55 Å². The standard InChI is InChI=1S/C10H12N2O3S/c13-16(14,15)7-3-6-12-8-11-9-4-1-2-5-10(9)12/h1-2,4-5,8H,3,6-7H2,(H,13,14,15). The number of para-hydroxylation sites is 2. The van der Waals surface area contributed by atoms with Crippen molar-refractivity contribution in [3.05, 3.63) is 30.6 Å². The zero-order chi connectivity index (χ0) is 11.6. The Morgan fingerprint density at radius 2 is 2.06 bits per heavy atom. The summed E-state index contributed by atoms with van der Waals surface area (Å²) in [5, 5.41) is 0. The summed E-state index contributed by atoms with van der Waals surface area (Å²) in [5.41, 5.74) is 1.85. The number of rotatable bonds is 4. The monoisotopic (exact) mass is 240 g/mol. The molecule has 1 heterocycles. The van der Waals surface area contributed by atoms with Gasteiger partial charge in [0.1, 0.15) is 0 Å². The number of fused-ring (bicyclic) bond motifs is 1.